The SMILES string of the molecule is Cc1cc2c3c(c1)N(c1cc4c(cc1C)C(C)(C)CC4(C)C)c1cc4c(cc1B3c1ccc(-c3ccccc3)cc1N2c1cc2c(cc1C)C(C)(C)CCC2(C)C)C(C)(C)CCC4(C)C. The molecule has 65 heavy (non-hydrogen) atoms. The van der Waals surface area contributed by atoms with Crippen molar-refractivity contribution in [2.24, 2.45) is 0 Å². The van der Waals surface area contributed by atoms with E-state index >= 15 is 0 Å². The zero-order chi connectivity index (χ0) is 46.1. The van der Waals surface area contributed by atoms with Gasteiger partial charge in [-0.15, -0.1) is 0 Å². The van der Waals surface area contributed by atoms with Crippen molar-refractivity contribution in [3.8, 4) is 11.1 Å². The Kier molecular flexibility index (Phi) is 8.88. The van der Waals surface area contributed by atoms with Crippen molar-refractivity contribution in [1.29, 1.82) is 0 Å². The second kappa shape index (κ2) is 13.5. The molecule has 5 aliphatic rings. The van der Waals surface area contributed by atoms with Gasteiger partial charge in [-0.3, -0.25) is 0 Å². The summed E-state index contributed by atoms with van der Waals surface area (Å²) in [4.78, 5) is 5.44. The molecule has 332 valence electrons. The van der Waals surface area contributed by atoms with Crippen molar-refractivity contribution >= 4 is 57.2 Å². The summed E-state index contributed by atoms with van der Waals surface area (Å²) in [5, 5.41) is 0. The molecule has 0 fully saturated rings. The third-order valence-electron chi connectivity index (χ3n) is 17.6. The van der Waals surface area contributed by atoms with Gasteiger partial charge in [-0.1, -0.05) is 144 Å². The lowest BCUT2D eigenvalue weighted by Gasteiger charge is -2.48. The van der Waals surface area contributed by atoms with E-state index in [0.717, 1.165) is 6.42 Å². The van der Waals surface area contributed by atoms with Crippen molar-refractivity contribution in [3.63, 3.8) is 0 Å². The molecule has 0 spiro atoms. The van der Waals surface area contributed by atoms with Gasteiger partial charge in [0.15, 0.2) is 0 Å². The maximum absolute atomic E-state index is 2.74. The summed E-state index contributed by atoms with van der Waals surface area (Å²) in [6.45, 7) is 36.8. The maximum atomic E-state index is 2.74. The third-order valence-corrected chi connectivity index (χ3v) is 17.6. The van der Waals surface area contributed by atoms with E-state index in [1.54, 1.807) is 0 Å². The number of rotatable bonds is 3. The number of anilines is 6. The van der Waals surface area contributed by atoms with Crippen molar-refractivity contribution in [3.05, 3.63) is 147 Å². The van der Waals surface area contributed by atoms with Crippen LogP contribution in [0.3, 0.4) is 0 Å². The lowest BCUT2D eigenvalue weighted by Crippen LogP contribution is -2.62. The molecule has 0 radical (unpaired) electrons. The van der Waals surface area contributed by atoms with Gasteiger partial charge in [-0.05, 0) is 199 Å². The van der Waals surface area contributed by atoms with Crippen LogP contribution in [-0.4, -0.2) is 6.71 Å². The number of hydrogen-bond donors (Lipinski definition) is 0. The molecule has 0 saturated carbocycles. The first kappa shape index (κ1) is 42.6. The number of aryl methyl sites for hydroxylation is 3. The molecule has 0 atom stereocenters. The molecule has 3 heteroatoms. The minimum atomic E-state index is 0.0625. The molecule has 3 aliphatic carbocycles. The Balaban J connectivity index is 1.26. The van der Waals surface area contributed by atoms with E-state index in [9.17, 15) is 0 Å². The molecule has 6 aromatic carbocycles. The Morgan fingerprint density at radius 1 is 0.369 bits per heavy atom. The highest BCUT2D eigenvalue weighted by Crippen LogP contribution is 2.56. The second-order valence-electron chi connectivity index (χ2n) is 25.3. The fourth-order valence-electron chi connectivity index (χ4n) is 13.8. The van der Waals surface area contributed by atoms with Crippen LogP contribution in [0.15, 0.2) is 97.1 Å². The number of benzene rings is 6. The Morgan fingerprint density at radius 3 is 1.29 bits per heavy atom. The zero-order valence-corrected chi connectivity index (χ0v) is 42.2. The standard InChI is InChI=1S/C62H71BN2/c1-37-27-54-56-55(28-37)65(51-34-47-43(30-39(51)3)61(12,13)36-62(47,14)15)53-35-46-44(58(6,7)24-26-60(46,10)11)32-49(53)63(56)48-22-21-41(40-19-17-16-18-20-40)31-52(48)64(54)50-33-45-42(29-38(50)2)57(4,5)23-25-59(45,8)9/h16-22,27-35H,23-26,36H2,1-15H3. The van der Waals surface area contributed by atoms with Crippen LogP contribution in [0.1, 0.15) is 165 Å². The van der Waals surface area contributed by atoms with E-state index < -0.39 is 0 Å². The fourth-order valence-corrected chi connectivity index (χ4v) is 13.8. The molecule has 0 bridgehead atoms. The molecule has 11 rings (SSSR count). The molecular weight excluding hydrogens is 784 g/mol. The summed E-state index contributed by atoms with van der Waals surface area (Å²) >= 11 is 0. The average Bonchev–Trinajstić information content (AvgIpc) is 3.42. The normalized spacial score (nSPS) is 20.6. The highest BCUT2D eigenvalue weighted by Gasteiger charge is 2.49. The van der Waals surface area contributed by atoms with Gasteiger partial charge in [0.05, 0.1) is 0 Å². The smallest absolute Gasteiger partial charge is 0.252 e. The predicted molar refractivity (Wildman–Crippen MR) is 281 cm³/mol. The molecule has 0 N–H and O–H groups in total. The maximum Gasteiger partial charge on any atom is 0.252 e. The monoisotopic (exact) mass is 855 g/mol. The van der Waals surface area contributed by atoms with Gasteiger partial charge < -0.3 is 9.80 Å². The van der Waals surface area contributed by atoms with Crippen LogP contribution in [-0.2, 0) is 32.5 Å². The van der Waals surface area contributed by atoms with Crippen LogP contribution in [0.5, 0.6) is 0 Å². The molecule has 2 heterocycles. The first-order chi connectivity index (χ1) is 30.4. The topological polar surface area (TPSA) is 6.48 Å². The summed E-state index contributed by atoms with van der Waals surface area (Å²) in [6.07, 6.45) is 5.91. The molecule has 0 aromatic heterocycles. The molecule has 0 saturated heterocycles. The fraction of sp³-hybridized carbons (Fsp3) is 0.419. The van der Waals surface area contributed by atoms with E-state index in [1.807, 2.05) is 0 Å². The number of hydrogen-bond acceptors (Lipinski definition) is 2. The van der Waals surface area contributed by atoms with E-state index in [0.29, 0.717) is 0 Å². The summed E-state index contributed by atoms with van der Waals surface area (Å²) in [5.74, 6) is 0. The van der Waals surface area contributed by atoms with E-state index in [4.69, 9.17) is 0 Å². The van der Waals surface area contributed by atoms with Crippen molar-refractivity contribution < 1.29 is 0 Å². The Bertz CT molecular complexity index is 3010. The average molecular weight is 855 g/mol. The van der Waals surface area contributed by atoms with Crippen molar-refractivity contribution in [2.45, 2.75) is 168 Å². The van der Waals surface area contributed by atoms with Gasteiger partial charge in [0.25, 0.3) is 6.71 Å². The van der Waals surface area contributed by atoms with Gasteiger partial charge in [0.1, 0.15) is 0 Å². The molecule has 2 nitrogen and oxygen atoms in total. The Hall–Kier alpha value is -5.02. The lowest BCUT2D eigenvalue weighted by atomic mass is 9.33. The third kappa shape index (κ3) is 6.18. The number of fused-ring (bicyclic) bond motifs is 7. The summed E-state index contributed by atoms with van der Waals surface area (Å²) in [6, 6.07) is 39.2. The van der Waals surface area contributed by atoms with Crippen LogP contribution < -0.4 is 26.2 Å². The van der Waals surface area contributed by atoms with E-state index in [1.165, 1.54) is 137 Å². The van der Waals surface area contributed by atoms with Crippen LogP contribution in [0, 0.1) is 20.8 Å². The van der Waals surface area contributed by atoms with E-state index in [-0.39, 0.29) is 39.2 Å². The van der Waals surface area contributed by atoms with Crippen LogP contribution in [0.4, 0.5) is 34.1 Å². The Morgan fingerprint density at radius 2 is 0.785 bits per heavy atom. The van der Waals surface area contributed by atoms with Crippen molar-refractivity contribution in [2.75, 3.05) is 9.80 Å². The quantitative estimate of drug-likeness (QED) is 0.163. The first-order valence-electron chi connectivity index (χ1n) is 24.8. The van der Waals surface area contributed by atoms with Gasteiger partial charge >= 0.3 is 0 Å². The molecule has 2 aliphatic heterocycles. The molecule has 0 amide bonds. The van der Waals surface area contributed by atoms with Crippen LogP contribution in [0.2, 0.25) is 0 Å². The molecule has 6 aromatic rings. The van der Waals surface area contributed by atoms with Gasteiger partial charge in [0.2, 0.25) is 0 Å². The lowest BCUT2D eigenvalue weighted by molar-refractivity contribution is 0.332. The second-order valence-corrected chi connectivity index (χ2v) is 25.3. The first-order valence-corrected chi connectivity index (χ1v) is 24.8. The van der Waals surface area contributed by atoms with Gasteiger partial charge in [-0.25, -0.2) is 0 Å². The van der Waals surface area contributed by atoms with Crippen LogP contribution in [0.25, 0.3) is 11.1 Å². The van der Waals surface area contributed by atoms with Gasteiger partial charge in [0, 0.05) is 34.1 Å². The summed E-state index contributed by atoms with van der Waals surface area (Å²) in [5.41, 5.74) is 28.3. The number of nitrogens with zero attached hydrogens (tertiary/aromatic N) is 2. The van der Waals surface area contributed by atoms with Crippen LogP contribution >= 0.6 is 0 Å². The van der Waals surface area contributed by atoms with Crippen molar-refractivity contribution in [1.82, 2.24) is 0 Å². The highest BCUT2D eigenvalue weighted by atomic mass is 15.2. The highest BCUT2D eigenvalue weighted by molar-refractivity contribution is 7.00. The van der Waals surface area contributed by atoms with E-state index in [2.05, 4.69) is 211 Å². The molecule has 0 unspecified atom stereocenters. The summed E-state index contributed by atoms with van der Waals surface area (Å²) < 4.78 is 0. The summed E-state index contributed by atoms with van der Waals surface area (Å²) in [7, 11) is 0. The minimum Gasteiger partial charge on any atom is -0.311 e. The van der Waals surface area contributed by atoms with Gasteiger partial charge in [-0.2, -0.15) is 0 Å². The largest absolute Gasteiger partial charge is 0.311 e. The molecular formula is C62H71BN2. The predicted octanol–water partition coefficient (Wildman–Crippen LogP) is 15.0. The minimum absolute atomic E-state index is 0.0625. The zero-order valence-electron chi connectivity index (χ0n) is 42.2. The Labute approximate surface area is 392 Å².